The van der Waals surface area contributed by atoms with Gasteiger partial charge >= 0.3 is 12.4 Å². The predicted molar refractivity (Wildman–Crippen MR) is 140 cm³/mol. The lowest BCUT2D eigenvalue weighted by Crippen LogP contribution is -2.43. The Morgan fingerprint density at radius 2 is 1.64 bits per heavy atom. The second-order valence-corrected chi connectivity index (χ2v) is 10.8. The van der Waals surface area contributed by atoms with Crippen LogP contribution >= 0.6 is 0 Å². The quantitative estimate of drug-likeness (QED) is 0.188. The van der Waals surface area contributed by atoms with Crippen molar-refractivity contribution in [3.8, 4) is 0 Å². The summed E-state index contributed by atoms with van der Waals surface area (Å²) in [4.78, 5) is 15.4. The maximum Gasteiger partial charge on any atom is 0.416 e. The summed E-state index contributed by atoms with van der Waals surface area (Å²) in [6, 6.07) is 8.97. The summed E-state index contributed by atoms with van der Waals surface area (Å²) in [5.41, 5.74) is -0.578. The van der Waals surface area contributed by atoms with Crippen LogP contribution in [0.15, 0.2) is 60.9 Å². The van der Waals surface area contributed by atoms with E-state index in [1.54, 1.807) is 25.1 Å². The molecule has 2 heterocycles. The van der Waals surface area contributed by atoms with Crippen LogP contribution in [0.25, 0.3) is 0 Å². The van der Waals surface area contributed by atoms with Crippen LogP contribution < -0.4 is 10.0 Å². The molecule has 1 fully saturated rings. The molecule has 1 aliphatic rings. The van der Waals surface area contributed by atoms with Crippen molar-refractivity contribution in [3.05, 3.63) is 105 Å². The van der Waals surface area contributed by atoms with E-state index in [1.165, 1.54) is 31.5 Å². The van der Waals surface area contributed by atoms with Crippen LogP contribution in [0.3, 0.4) is 0 Å². The van der Waals surface area contributed by atoms with E-state index in [4.69, 9.17) is 0 Å². The van der Waals surface area contributed by atoms with Gasteiger partial charge < -0.3 is 10.5 Å². The summed E-state index contributed by atoms with van der Waals surface area (Å²) in [6.45, 7) is 4.04. The zero-order chi connectivity index (χ0) is 30.8. The van der Waals surface area contributed by atoms with E-state index in [2.05, 4.69) is 10.2 Å². The molecule has 3 atom stereocenters. The number of alkyl halides is 6. The van der Waals surface area contributed by atoms with Gasteiger partial charge in [0.15, 0.2) is 12.4 Å². The van der Waals surface area contributed by atoms with Crippen LogP contribution in [0.1, 0.15) is 65.1 Å². The lowest BCUT2D eigenvalue weighted by Gasteiger charge is -2.40. The normalized spacial score (nSPS) is 19.0. The van der Waals surface area contributed by atoms with E-state index < -0.39 is 41.1 Å². The highest BCUT2D eigenvalue weighted by Gasteiger charge is 2.38. The minimum atomic E-state index is -4.96. The van der Waals surface area contributed by atoms with Crippen LogP contribution in [-0.2, 0) is 23.7 Å². The Morgan fingerprint density at radius 3 is 2.21 bits per heavy atom. The molecular formula is C30H30F7N3O2. The zero-order valence-corrected chi connectivity index (χ0v) is 22.9. The minimum Gasteiger partial charge on any atom is -0.619 e. The number of benzene rings is 2. The number of amides is 1. The van der Waals surface area contributed by atoms with E-state index in [0.717, 1.165) is 11.1 Å². The highest BCUT2D eigenvalue weighted by Crippen LogP contribution is 2.39. The van der Waals surface area contributed by atoms with Crippen molar-refractivity contribution in [3.63, 3.8) is 0 Å². The SMILES string of the molecule is Cc1cc(F)ccc1C1C[C@@H](C(=O)NC[C@@H](C)c2cc(C(F)(F)F)cc(C(F)(F)F)c2)CCN1Cc1cc[n+]([O-])cc1. The summed E-state index contributed by atoms with van der Waals surface area (Å²) in [6.07, 6.45) is -6.34. The maximum atomic E-state index is 13.9. The molecule has 5 nitrogen and oxygen atoms in total. The highest BCUT2D eigenvalue weighted by atomic mass is 19.4. The fourth-order valence-electron chi connectivity index (χ4n) is 5.34. The van der Waals surface area contributed by atoms with E-state index >= 15 is 0 Å². The number of hydrogen-bond donors (Lipinski definition) is 1. The van der Waals surface area contributed by atoms with Crippen LogP contribution in [0.4, 0.5) is 30.7 Å². The number of carbonyl (C=O) groups excluding carboxylic acids is 1. The van der Waals surface area contributed by atoms with Gasteiger partial charge in [-0.25, -0.2) is 4.39 Å². The average molecular weight is 598 g/mol. The minimum absolute atomic E-state index is 0.0774. The first-order chi connectivity index (χ1) is 19.6. The number of pyridine rings is 1. The number of aromatic nitrogens is 1. The molecule has 1 aliphatic heterocycles. The summed E-state index contributed by atoms with van der Waals surface area (Å²) in [7, 11) is 0. The van der Waals surface area contributed by atoms with Gasteiger partial charge in [0.1, 0.15) is 5.82 Å². The van der Waals surface area contributed by atoms with Crippen molar-refractivity contribution in [1.82, 2.24) is 10.2 Å². The first-order valence-electron chi connectivity index (χ1n) is 13.4. The Kier molecular flexibility index (Phi) is 9.15. The van der Waals surface area contributed by atoms with Crippen molar-refractivity contribution in [2.75, 3.05) is 13.1 Å². The van der Waals surface area contributed by atoms with Gasteiger partial charge in [-0.3, -0.25) is 9.69 Å². The Labute approximate surface area is 238 Å². The Bertz CT molecular complexity index is 1380. The van der Waals surface area contributed by atoms with Gasteiger partial charge in [-0.1, -0.05) is 13.0 Å². The molecule has 0 radical (unpaired) electrons. The molecule has 0 bridgehead atoms. The van der Waals surface area contributed by atoms with Crippen LogP contribution in [0.5, 0.6) is 0 Å². The van der Waals surface area contributed by atoms with Gasteiger partial charge in [-0.15, -0.1) is 0 Å². The number of piperidine rings is 1. The molecule has 2 aromatic carbocycles. The second kappa shape index (κ2) is 12.3. The first kappa shape index (κ1) is 31.3. The molecule has 1 saturated heterocycles. The smallest absolute Gasteiger partial charge is 0.416 e. The molecule has 1 N–H and O–H groups in total. The van der Waals surface area contributed by atoms with Crippen molar-refractivity contribution in [1.29, 1.82) is 0 Å². The molecule has 4 rings (SSSR count). The molecule has 0 spiro atoms. The zero-order valence-electron chi connectivity index (χ0n) is 22.9. The number of nitrogens with one attached hydrogen (secondary N) is 1. The number of nitrogens with zero attached hydrogens (tertiary/aromatic N) is 2. The van der Waals surface area contributed by atoms with Crippen LogP contribution in [0, 0.1) is 23.9 Å². The van der Waals surface area contributed by atoms with Gasteiger partial charge in [0.2, 0.25) is 5.91 Å². The van der Waals surface area contributed by atoms with Gasteiger partial charge in [0, 0.05) is 37.2 Å². The molecule has 0 aliphatic carbocycles. The van der Waals surface area contributed by atoms with Crippen LogP contribution in [-0.4, -0.2) is 23.9 Å². The largest absolute Gasteiger partial charge is 0.619 e. The third-order valence-corrected chi connectivity index (χ3v) is 7.69. The van der Waals surface area contributed by atoms with Crippen molar-refractivity contribution < 1.29 is 40.3 Å². The average Bonchev–Trinajstić information content (AvgIpc) is 2.92. The molecule has 1 amide bonds. The Hall–Kier alpha value is -3.67. The lowest BCUT2D eigenvalue weighted by molar-refractivity contribution is -0.605. The van der Waals surface area contributed by atoms with E-state index in [1.807, 2.05) is 0 Å². The van der Waals surface area contributed by atoms with Crippen molar-refractivity contribution in [2.24, 2.45) is 5.92 Å². The van der Waals surface area contributed by atoms with E-state index in [-0.39, 0.29) is 30.1 Å². The number of aryl methyl sites for hydroxylation is 1. The topological polar surface area (TPSA) is 59.3 Å². The number of hydrogen-bond acceptors (Lipinski definition) is 3. The third-order valence-electron chi connectivity index (χ3n) is 7.69. The molecule has 42 heavy (non-hydrogen) atoms. The fourth-order valence-corrected chi connectivity index (χ4v) is 5.34. The first-order valence-corrected chi connectivity index (χ1v) is 13.4. The van der Waals surface area contributed by atoms with E-state index in [9.17, 15) is 40.7 Å². The predicted octanol–water partition coefficient (Wildman–Crippen LogP) is 6.68. The maximum absolute atomic E-state index is 13.9. The van der Waals surface area contributed by atoms with Crippen LogP contribution in [0.2, 0.25) is 0 Å². The van der Waals surface area contributed by atoms with Gasteiger partial charge in [0.05, 0.1) is 11.1 Å². The molecule has 1 unspecified atom stereocenters. The number of likely N-dealkylation sites (tertiary alicyclic amines) is 1. The highest BCUT2D eigenvalue weighted by molar-refractivity contribution is 5.79. The molecule has 226 valence electrons. The number of carbonyl (C=O) groups is 1. The summed E-state index contributed by atoms with van der Waals surface area (Å²) >= 11 is 0. The molecular weight excluding hydrogens is 567 g/mol. The summed E-state index contributed by atoms with van der Waals surface area (Å²) < 4.78 is 94.3. The number of rotatable bonds is 7. The summed E-state index contributed by atoms with van der Waals surface area (Å²) in [5, 5.41) is 14.2. The fraction of sp³-hybridized carbons (Fsp3) is 0.400. The van der Waals surface area contributed by atoms with Gasteiger partial charge in [-0.05, 0) is 84.8 Å². The molecule has 3 aromatic rings. The van der Waals surface area contributed by atoms with Crippen molar-refractivity contribution in [2.45, 2.75) is 57.5 Å². The monoisotopic (exact) mass is 597 g/mol. The standard InChI is InChI=1S/C30H30F7N3O2/c1-18-11-25(31)3-4-26(18)27-14-21(7-8-39(27)17-20-5-9-40(42)10-6-20)28(41)38-16-19(2)22-12-23(29(32,33)34)15-24(13-22)30(35,36)37/h3-6,9-13,15,19,21,27H,7-8,14,16-17H2,1-2H3,(H,38,41)/t19-,21+,27?/m1/s1. The Morgan fingerprint density at radius 1 is 1.02 bits per heavy atom. The molecule has 12 heteroatoms. The van der Waals surface area contributed by atoms with Gasteiger partial charge in [0.25, 0.3) is 0 Å². The second-order valence-electron chi connectivity index (χ2n) is 10.8. The lowest BCUT2D eigenvalue weighted by atomic mass is 9.84. The Balaban J connectivity index is 1.49. The van der Waals surface area contributed by atoms with E-state index in [0.29, 0.717) is 48.4 Å². The summed E-state index contributed by atoms with van der Waals surface area (Å²) in [5.74, 6) is -2.07. The van der Waals surface area contributed by atoms with Gasteiger partial charge in [-0.2, -0.15) is 31.1 Å². The van der Waals surface area contributed by atoms with Crippen molar-refractivity contribution >= 4 is 5.91 Å². The third kappa shape index (κ3) is 7.58. The molecule has 0 saturated carbocycles. The number of halogens is 7. The molecule has 1 aromatic heterocycles.